The van der Waals surface area contributed by atoms with E-state index < -0.39 is 5.97 Å². The van der Waals surface area contributed by atoms with E-state index in [0.29, 0.717) is 22.9 Å². The largest absolute Gasteiger partial charge is 0.482 e. The molecule has 0 aliphatic carbocycles. The Labute approximate surface area is 145 Å². The lowest BCUT2D eigenvalue weighted by Crippen LogP contribution is -2.14. The van der Waals surface area contributed by atoms with Gasteiger partial charge in [-0.15, -0.1) is 0 Å². The molecule has 0 N–H and O–H groups in total. The van der Waals surface area contributed by atoms with Crippen LogP contribution in [0.25, 0.3) is 6.08 Å². The van der Waals surface area contributed by atoms with Crippen LogP contribution in [0.15, 0.2) is 54.6 Å². The minimum Gasteiger partial charge on any atom is -0.482 e. The van der Waals surface area contributed by atoms with Gasteiger partial charge in [0.25, 0.3) is 0 Å². The molecule has 0 aliphatic heterocycles. The molecule has 2 rings (SSSR count). The van der Waals surface area contributed by atoms with Gasteiger partial charge in [0.2, 0.25) is 0 Å². The second kappa shape index (κ2) is 8.89. The first-order valence-corrected chi connectivity index (χ1v) is 7.82. The molecule has 5 heteroatoms. The van der Waals surface area contributed by atoms with E-state index in [4.69, 9.17) is 21.1 Å². The van der Waals surface area contributed by atoms with Crippen LogP contribution >= 0.6 is 11.6 Å². The number of ketones is 1. The van der Waals surface area contributed by atoms with Gasteiger partial charge in [-0.3, -0.25) is 4.79 Å². The molecule has 0 fully saturated rings. The maximum atomic E-state index is 12.1. The monoisotopic (exact) mass is 344 g/mol. The van der Waals surface area contributed by atoms with Crippen LogP contribution in [0.2, 0.25) is 5.02 Å². The lowest BCUT2D eigenvalue weighted by Gasteiger charge is -2.06. The summed E-state index contributed by atoms with van der Waals surface area (Å²) in [7, 11) is 0. The average Bonchev–Trinajstić information content (AvgIpc) is 2.60. The van der Waals surface area contributed by atoms with Crippen LogP contribution in [-0.4, -0.2) is 25.0 Å². The van der Waals surface area contributed by atoms with Crippen molar-refractivity contribution in [1.29, 1.82) is 0 Å². The average molecular weight is 345 g/mol. The van der Waals surface area contributed by atoms with E-state index in [1.165, 1.54) is 6.08 Å². The summed E-state index contributed by atoms with van der Waals surface area (Å²) < 4.78 is 10.1. The van der Waals surface area contributed by atoms with Gasteiger partial charge in [-0.2, -0.15) is 0 Å². The summed E-state index contributed by atoms with van der Waals surface area (Å²) in [5.41, 5.74) is 1.42. The highest BCUT2D eigenvalue weighted by Crippen LogP contribution is 2.14. The molecule has 0 radical (unpaired) electrons. The van der Waals surface area contributed by atoms with Gasteiger partial charge in [0, 0.05) is 10.6 Å². The Morgan fingerprint density at radius 3 is 2.33 bits per heavy atom. The summed E-state index contributed by atoms with van der Waals surface area (Å²) in [4.78, 5) is 23.3. The molecule has 0 spiro atoms. The summed E-state index contributed by atoms with van der Waals surface area (Å²) in [6, 6.07) is 13.8. The van der Waals surface area contributed by atoms with Crippen LogP contribution in [0.1, 0.15) is 22.8 Å². The smallest absolute Gasteiger partial charge is 0.344 e. The minimum atomic E-state index is -0.427. The molecule has 0 atom stereocenters. The molecule has 0 amide bonds. The van der Waals surface area contributed by atoms with E-state index >= 15 is 0 Å². The molecular formula is C19H17ClO4. The zero-order valence-electron chi connectivity index (χ0n) is 13.2. The fourth-order valence-corrected chi connectivity index (χ4v) is 2.03. The Morgan fingerprint density at radius 2 is 1.71 bits per heavy atom. The third-order valence-electron chi connectivity index (χ3n) is 3.10. The van der Waals surface area contributed by atoms with E-state index in [9.17, 15) is 9.59 Å². The molecule has 2 aromatic rings. The van der Waals surface area contributed by atoms with Crippen molar-refractivity contribution in [2.75, 3.05) is 13.2 Å². The van der Waals surface area contributed by atoms with Crippen molar-refractivity contribution in [3.8, 4) is 5.75 Å². The van der Waals surface area contributed by atoms with Gasteiger partial charge < -0.3 is 9.47 Å². The predicted molar refractivity (Wildman–Crippen MR) is 93.4 cm³/mol. The summed E-state index contributed by atoms with van der Waals surface area (Å²) in [5.74, 6) is -0.0493. The Bertz CT molecular complexity index is 718. The number of rotatable bonds is 7. The molecule has 0 unspecified atom stereocenters. The van der Waals surface area contributed by atoms with Gasteiger partial charge in [0.15, 0.2) is 12.4 Å². The van der Waals surface area contributed by atoms with E-state index in [0.717, 1.165) is 5.56 Å². The molecule has 124 valence electrons. The molecule has 0 aliphatic rings. The molecule has 2 aromatic carbocycles. The van der Waals surface area contributed by atoms with Crippen molar-refractivity contribution in [3.05, 3.63) is 70.8 Å². The Kier molecular flexibility index (Phi) is 6.58. The molecule has 0 heterocycles. The first kappa shape index (κ1) is 17.8. The highest BCUT2D eigenvalue weighted by molar-refractivity contribution is 6.30. The fraction of sp³-hybridized carbons (Fsp3) is 0.158. The molecule has 24 heavy (non-hydrogen) atoms. The van der Waals surface area contributed by atoms with Crippen molar-refractivity contribution in [1.82, 2.24) is 0 Å². The lowest BCUT2D eigenvalue weighted by molar-refractivity contribution is -0.145. The third-order valence-corrected chi connectivity index (χ3v) is 3.35. The molecule has 0 saturated heterocycles. The molecule has 4 nitrogen and oxygen atoms in total. The van der Waals surface area contributed by atoms with Gasteiger partial charge in [0.05, 0.1) is 6.61 Å². The summed E-state index contributed by atoms with van der Waals surface area (Å²) in [5, 5.41) is 0.650. The third kappa shape index (κ3) is 5.56. The SMILES string of the molecule is CCOC(=O)COc1ccc(C(=O)/C=C\c2ccc(Cl)cc2)cc1. The summed E-state index contributed by atoms with van der Waals surface area (Å²) >= 11 is 5.82. The van der Waals surface area contributed by atoms with Crippen molar-refractivity contribution >= 4 is 29.4 Å². The topological polar surface area (TPSA) is 52.6 Å². The Balaban J connectivity index is 1.93. The number of allylic oxidation sites excluding steroid dienone is 1. The van der Waals surface area contributed by atoms with Crippen LogP contribution in [-0.2, 0) is 9.53 Å². The van der Waals surface area contributed by atoms with Gasteiger partial charge in [-0.05, 0) is 55.0 Å². The van der Waals surface area contributed by atoms with E-state index in [-0.39, 0.29) is 12.4 Å². The van der Waals surface area contributed by atoms with Crippen molar-refractivity contribution in [2.24, 2.45) is 0 Å². The van der Waals surface area contributed by atoms with Crippen LogP contribution in [0.5, 0.6) is 5.75 Å². The number of hydrogen-bond donors (Lipinski definition) is 0. The Morgan fingerprint density at radius 1 is 1.04 bits per heavy atom. The van der Waals surface area contributed by atoms with Gasteiger partial charge >= 0.3 is 5.97 Å². The Hall–Kier alpha value is -2.59. The van der Waals surface area contributed by atoms with Crippen LogP contribution in [0.3, 0.4) is 0 Å². The van der Waals surface area contributed by atoms with E-state index in [1.54, 1.807) is 49.4 Å². The zero-order chi connectivity index (χ0) is 17.4. The van der Waals surface area contributed by atoms with Crippen LogP contribution in [0, 0.1) is 0 Å². The second-order valence-corrected chi connectivity index (χ2v) is 5.30. The number of ether oxygens (including phenoxy) is 2. The normalized spacial score (nSPS) is 10.6. The standard InChI is InChI=1S/C19H17ClO4/c1-2-23-19(22)13-24-17-10-6-15(7-11-17)18(21)12-5-14-3-8-16(20)9-4-14/h3-12H,2,13H2,1H3/b12-5-. The quantitative estimate of drug-likeness (QED) is 0.429. The van der Waals surface area contributed by atoms with Gasteiger partial charge in [-0.1, -0.05) is 29.8 Å². The summed E-state index contributed by atoms with van der Waals surface area (Å²) in [6.45, 7) is 1.89. The molecule has 0 saturated carbocycles. The van der Waals surface area contributed by atoms with E-state index in [1.807, 2.05) is 12.1 Å². The van der Waals surface area contributed by atoms with Crippen LogP contribution in [0.4, 0.5) is 0 Å². The number of halogens is 1. The maximum absolute atomic E-state index is 12.1. The molecular weight excluding hydrogens is 328 g/mol. The molecule has 0 bridgehead atoms. The zero-order valence-corrected chi connectivity index (χ0v) is 14.0. The summed E-state index contributed by atoms with van der Waals surface area (Å²) in [6.07, 6.45) is 3.22. The van der Waals surface area contributed by atoms with Crippen LogP contribution < -0.4 is 4.74 Å². The number of hydrogen-bond acceptors (Lipinski definition) is 4. The lowest BCUT2D eigenvalue weighted by atomic mass is 10.1. The van der Waals surface area contributed by atoms with Crippen molar-refractivity contribution < 1.29 is 19.1 Å². The highest BCUT2D eigenvalue weighted by atomic mass is 35.5. The minimum absolute atomic E-state index is 0.123. The number of carbonyl (C=O) groups excluding carboxylic acids is 2. The number of carbonyl (C=O) groups is 2. The maximum Gasteiger partial charge on any atom is 0.344 e. The number of benzene rings is 2. The molecule has 0 aromatic heterocycles. The highest BCUT2D eigenvalue weighted by Gasteiger charge is 2.05. The van der Waals surface area contributed by atoms with E-state index in [2.05, 4.69) is 0 Å². The van der Waals surface area contributed by atoms with Gasteiger partial charge in [-0.25, -0.2) is 4.79 Å². The first-order valence-electron chi connectivity index (χ1n) is 7.45. The first-order chi connectivity index (χ1) is 11.6. The second-order valence-electron chi connectivity index (χ2n) is 4.87. The fourth-order valence-electron chi connectivity index (χ4n) is 1.90. The predicted octanol–water partition coefficient (Wildman–Crippen LogP) is 4.18. The number of esters is 1. The van der Waals surface area contributed by atoms with Crippen molar-refractivity contribution in [2.45, 2.75) is 6.92 Å². The van der Waals surface area contributed by atoms with Gasteiger partial charge in [0.1, 0.15) is 5.75 Å². The van der Waals surface area contributed by atoms with Crippen molar-refractivity contribution in [3.63, 3.8) is 0 Å².